The highest BCUT2D eigenvalue weighted by molar-refractivity contribution is 7.90. The number of aliphatic hydroxyl groups is 4. The number of carbonyl (C=O) groups excluding carboxylic acids is 3. The maximum Gasteiger partial charge on any atom is 0.276 e. The van der Waals surface area contributed by atoms with Crippen molar-refractivity contribution in [2.24, 2.45) is 0 Å². The molecular weight excluding hydrogens is 346 g/mol. The van der Waals surface area contributed by atoms with E-state index >= 15 is 0 Å². The van der Waals surface area contributed by atoms with Gasteiger partial charge in [0.2, 0.25) is 0 Å². The van der Waals surface area contributed by atoms with Crippen molar-refractivity contribution in [1.82, 2.24) is 4.31 Å². The first-order valence-electron chi connectivity index (χ1n) is 6.54. The first-order valence-corrected chi connectivity index (χ1v) is 7.98. The van der Waals surface area contributed by atoms with Gasteiger partial charge in [-0.05, 0) is 12.1 Å². The smallest absolute Gasteiger partial charge is 0.276 e. The number of hydrogen-bond acceptors (Lipinski definition) is 9. The Balaban J connectivity index is 2.34. The van der Waals surface area contributed by atoms with Crippen LogP contribution in [-0.4, -0.2) is 75.7 Å². The monoisotopic (exact) mass is 359 g/mol. The van der Waals surface area contributed by atoms with Crippen LogP contribution in [0, 0.1) is 0 Å². The molecule has 4 N–H and O–H groups in total. The molecule has 1 aromatic rings. The van der Waals surface area contributed by atoms with Crippen LogP contribution < -0.4 is 0 Å². The lowest BCUT2D eigenvalue weighted by Gasteiger charge is -2.25. The van der Waals surface area contributed by atoms with E-state index < -0.39 is 51.1 Å². The molecule has 0 unspecified atom stereocenters. The van der Waals surface area contributed by atoms with E-state index in [0.717, 1.165) is 12.1 Å². The quantitative estimate of drug-likeness (QED) is 0.400. The van der Waals surface area contributed by atoms with Crippen LogP contribution >= 0.6 is 0 Å². The van der Waals surface area contributed by atoms with Gasteiger partial charge >= 0.3 is 0 Å². The number of nitrogens with zero attached hydrogens (tertiary/aromatic N) is 1. The SMILES string of the molecule is O=C[C@H](O)[C@@H](O)[C@H](O)[C@H](O)C(=O)N1C(=O)c2ccccc2S1(=O)=O. The molecule has 0 aromatic heterocycles. The normalized spacial score (nSPS) is 20.8. The van der Waals surface area contributed by atoms with Crippen LogP contribution in [0.15, 0.2) is 29.2 Å². The zero-order valence-corrected chi connectivity index (χ0v) is 12.7. The van der Waals surface area contributed by atoms with E-state index in [1.165, 1.54) is 12.1 Å². The molecule has 130 valence electrons. The van der Waals surface area contributed by atoms with Crippen LogP contribution in [0.1, 0.15) is 10.4 Å². The molecule has 0 aliphatic carbocycles. The summed E-state index contributed by atoms with van der Waals surface area (Å²) in [5.41, 5.74) is -0.291. The summed E-state index contributed by atoms with van der Waals surface area (Å²) in [7, 11) is -4.58. The topological polar surface area (TPSA) is 170 Å². The van der Waals surface area contributed by atoms with Gasteiger partial charge in [0.15, 0.2) is 12.4 Å². The number of rotatable bonds is 5. The Morgan fingerprint density at radius 2 is 1.67 bits per heavy atom. The van der Waals surface area contributed by atoms with Gasteiger partial charge in [-0.3, -0.25) is 9.59 Å². The highest BCUT2D eigenvalue weighted by Crippen LogP contribution is 2.30. The number of aliphatic hydroxyl groups excluding tert-OH is 4. The van der Waals surface area contributed by atoms with Gasteiger partial charge in [-0.25, -0.2) is 8.42 Å². The Bertz CT molecular complexity index is 790. The van der Waals surface area contributed by atoms with Crippen LogP contribution in [0.3, 0.4) is 0 Å². The third kappa shape index (κ3) is 2.72. The summed E-state index contributed by atoms with van der Waals surface area (Å²) < 4.78 is 24.3. The van der Waals surface area contributed by atoms with Crippen molar-refractivity contribution < 1.29 is 43.2 Å². The lowest BCUT2D eigenvalue weighted by atomic mass is 10.0. The second kappa shape index (κ2) is 6.37. The summed E-state index contributed by atoms with van der Waals surface area (Å²) in [5, 5.41) is 37.9. The van der Waals surface area contributed by atoms with Crippen LogP contribution in [0.5, 0.6) is 0 Å². The highest BCUT2D eigenvalue weighted by Gasteiger charge is 2.49. The van der Waals surface area contributed by atoms with E-state index in [1.807, 2.05) is 0 Å². The van der Waals surface area contributed by atoms with Crippen molar-refractivity contribution in [1.29, 1.82) is 0 Å². The summed E-state index contributed by atoms with van der Waals surface area (Å²) >= 11 is 0. The number of imide groups is 1. The average Bonchev–Trinajstić information content (AvgIpc) is 2.78. The van der Waals surface area contributed by atoms with E-state index in [9.17, 15) is 38.1 Å². The summed E-state index contributed by atoms with van der Waals surface area (Å²) in [6.07, 6.45) is -9.50. The molecule has 0 radical (unpaired) electrons. The van der Waals surface area contributed by atoms with Crippen molar-refractivity contribution in [3.05, 3.63) is 29.8 Å². The minimum absolute atomic E-state index is 0.154. The number of benzene rings is 1. The number of carbonyl (C=O) groups is 3. The van der Waals surface area contributed by atoms with Crippen molar-refractivity contribution in [3.63, 3.8) is 0 Å². The molecule has 11 heteroatoms. The fourth-order valence-corrected chi connectivity index (χ4v) is 3.68. The Morgan fingerprint density at radius 3 is 2.21 bits per heavy atom. The third-order valence-electron chi connectivity index (χ3n) is 3.44. The van der Waals surface area contributed by atoms with Gasteiger partial charge in [0.05, 0.1) is 5.56 Å². The van der Waals surface area contributed by atoms with E-state index in [-0.39, 0.29) is 16.2 Å². The molecule has 0 fully saturated rings. The van der Waals surface area contributed by atoms with Crippen LogP contribution in [0.25, 0.3) is 0 Å². The maximum absolute atomic E-state index is 12.2. The number of hydrogen-bond donors (Lipinski definition) is 4. The van der Waals surface area contributed by atoms with Gasteiger partial charge in [-0.2, -0.15) is 4.31 Å². The molecule has 1 aliphatic rings. The molecule has 2 amide bonds. The predicted octanol–water partition coefficient (Wildman–Crippen LogP) is -3.00. The largest absolute Gasteiger partial charge is 0.387 e. The average molecular weight is 359 g/mol. The Morgan fingerprint density at radius 1 is 1.08 bits per heavy atom. The molecule has 0 bridgehead atoms. The lowest BCUT2D eigenvalue weighted by Crippen LogP contribution is -2.53. The summed E-state index contributed by atoms with van der Waals surface area (Å²) in [6.45, 7) is 0. The van der Waals surface area contributed by atoms with Crippen molar-refractivity contribution in [3.8, 4) is 0 Å². The number of amides is 2. The van der Waals surface area contributed by atoms with Gasteiger partial charge < -0.3 is 25.2 Å². The lowest BCUT2D eigenvalue weighted by molar-refractivity contribution is -0.152. The molecule has 0 spiro atoms. The van der Waals surface area contributed by atoms with Gasteiger partial charge in [0.1, 0.15) is 23.2 Å². The molecule has 2 rings (SSSR count). The predicted molar refractivity (Wildman–Crippen MR) is 74.9 cm³/mol. The number of sulfonamides is 1. The van der Waals surface area contributed by atoms with Crippen molar-refractivity contribution >= 4 is 28.1 Å². The minimum Gasteiger partial charge on any atom is -0.387 e. The molecule has 10 nitrogen and oxygen atoms in total. The van der Waals surface area contributed by atoms with E-state index in [0.29, 0.717) is 0 Å². The Kier molecular flexibility index (Phi) is 4.82. The summed E-state index contributed by atoms with van der Waals surface area (Å²) in [6, 6.07) is 4.95. The fraction of sp³-hybridized carbons (Fsp3) is 0.308. The van der Waals surface area contributed by atoms with Gasteiger partial charge in [-0.15, -0.1) is 0 Å². The minimum atomic E-state index is -4.58. The molecular formula is C13H13NO9S. The summed E-state index contributed by atoms with van der Waals surface area (Å²) in [5.74, 6) is -2.95. The zero-order valence-electron chi connectivity index (χ0n) is 11.9. The molecule has 1 heterocycles. The second-order valence-corrected chi connectivity index (χ2v) is 6.72. The van der Waals surface area contributed by atoms with E-state index in [1.54, 1.807) is 0 Å². The molecule has 0 saturated heterocycles. The van der Waals surface area contributed by atoms with E-state index in [4.69, 9.17) is 5.11 Å². The number of fused-ring (bicyclic) bond motifs is 1. The van der Waals surface area contributed by atoms with E-state index in [2.05, 4.69) is 0 Å². The zero-order chi connectivity index (χ0) is 18.2. The highest BCUT2D eigenvalue weighted by atomic mass is 32.2. The fourth-order valence-electron chi connectivity index (χ4n) is 2.14. The van der Waals surface area contributed by atoms with Gasteiger partial charge in [0, 0.05) is 0 Å². The van der Waals surface area contributed by atoms with Gasteiger partial charge in [-0.1, -0.05) is 12.1 Å². The van der Waals surface area contributed by atoms with Crippen LogP contribution in [-0.2, 0) is 19.6 Å². The standard InChI is InChI=1S/C13H13NO9S/c15-5-7(16)9(17)10(18)11(19)13(21)14-12(20)6-3-1-2-4-8(6)24(14,22)23/h1-5,7,9-11,16-19H/t7-,9+,10-,11-/m0/s1. The van der Waals surface area contributed by atoms with Gasteiger partial charge in [0.25, 0.3) is 21.8 Å². The maximum atomic E-state index is 12.2. The molecule has 0 saturated carbocycles. The first-order chi connectivity index (χ1) is 11.1. The van der Waals surface area contributed by atoms with Crippen molar-refractivity contribution in [2.75, 3.05) is 0 Å². The first kappa shape index (κ1) is 18.2. The van der Waals surface area contributed by atoms with Crippen molar-refractivity contribution in [2.45, 2.75) is 29.3 Å². The molecule has 4 atom stereocenters. The van der Waals surface area contributed by atoms with Crippen LogP contribution in [0.2, 0.25) is 0 Å². The molecule has 24 heavy (non-hydrogen) atoms. The van der Waals surface area contributed by atoms with Crippen LogP contribution in [0.4, 0.5) is 0 Å². The molecule has 1 aromatic carbocycles. The Hall–Kier alpha value is -2.18. The number of aldehydes is 1. The Labute approximate surface area is 135 Å². The molecule has 1 aliphatic heterocycles. The second-order valence-electron chi connectivity index (χ2n) is 4.96. The summed E-state index contributed by atoms with van der Waals surface area (Å²) in [4.78, 5) is 34.1. The third-order valence-corrected chi connectivity index (χ3v) is 5.17.